The average Bonchev–Trinajstić information content (AvgIpc) is 2.97. The van der Waals surface area contributed by atoms with Gasteiger partial charge in [-0.1, -0.05) is 18.2 Å². The van der Waals surface area contributed by atoms with E-state index in [1.165, 1.54) is 60.7 Å². The van der Waals surface area contributed by atoms with Gasteiger partial charge in [0.25, 0.3) is 0 Å². The van der Waals surface area contributed by atoms with Crippen LogP contribution in [-0.4, -0.2) is 11.8 Å². The smallest absolute Gasteiger partial charge is 0.343 e. The summed E-state index contributed by atoms with van der Waals surface area (Å²) in [6.07, 6.45) is 1.43. The van der Waals surface area contributed by atoms with E-state index in [1.807, 2.05) is 0 Å². The molecule has 1 aliphatic heterocycles. The van der Waals surface area contributed by atoms with Crippen LogP contribution >= 0.6 is 0 Å². The number of halogens is 2. The van der Waals surface area contributed by atoms with Crippen LogP contribution in [0.2, 0.25) is 0 Å². The zero-order valence-corrected chi connectivity index (χ0v) is 14.3. The van der Waals surface area contributed by atoms with Gasteiger partial charge in [-0.2, -0.15) is 0 Å². The second-order valence-corrected chi connectivity index (χ2v) is 6.05. The van der Waals surface area contributed by atoms with Crippen molar-refractivity contribution in [1.29, 1.82) is 0 Å². The van der Waals surface area contributed by atoms with E-state index in [9.17, 15) is 18.4 Å². The van der Waals surface area contributed by atoms with Crippen molar-refractivity contribution in [1.82, 2.24) is 0 Å². The second kappa shape index (κ2) is 7.08. The molecule has 0 atom stereocenters. The highest BCUT2D eigenvalue weighted by Crippen LogP contribution is 2.35. The van der Waals surface area contributed by atoms with Crippen molar-refractivity contribution in [3.8, 4) is 11.5 Å². The lowest BCUT2D eigenvalue weighted by Gasteiger charge is -2.05. The Kier molecular flexibility index (Phi) is 4.45. The van der Waals surface area contributed by atoms with Crippen LogP contribution in [0.1, 0.15) is 26.3 Å². The number of allylic oxidation sites excluding steroid dienone is 1. The van der Waals surface area contributed by atoms with E-state index in [0.717, 1.165) is 6.07 Å². The average molecular weight is 378 g/mol. The van der Waals surface area contributed by atoms with Crippen LogP contribution in [0.5, 0.6) is 11.5 Å². The number of rotatable bonds is 3. The minimum Gasteiger partial charge on any atom is -0.452 e. The summed E-state index contributed by atoms with van der Waals surface area (Å²) in [6.45, 7) is 0. The maximum Gasteiger partial charge on any atom is 0.343 e. The Morgan fingerprint density at radius 1 is 0.929 bits per heavy atom. The lowest BCUT2D eigenvalue weighted by Crippen LogP contribution is -2.08. The number of Topliss-reactive ketones (excluding diaryl/α,β-unsaturated/α-hetero) is 1. The third-order valence-electron chi connectivity index (χ3n) is 4.06. The van der Waals surface area contributed by atoms with Crippen molar-refractivity contribution in [2.75, 3.05) is 0 Å². The van der Waals surface area contributed by atoms with Crippen molar-refractivity contribution >= 4 is 17.8 Å². The van der Waals surface area contributed by atoms with Crippen molar-refractivity contribution in [2.24, 2.45) is 0 Å². The third-order valence-corrected chi connectivity index (χ3v) is 4.06. The molecule has 0 bridgehead atoms. The summed E-state index contributed by atoms with van der Waals surface area (Å²) in [7, 11) is 0. The minimum absolute atomic E-state index is 0.0363. The fraction of sp³-hybridized carbons (Fsp3) is 0. The second-order valence-electron chi connectivity index (χ2n) is 6.05. The van der Waals surface area contributed by atoms with Crippen LogP contribution in [0.4, 0.5) is 8.78 Å². The highest BCUT2D eigenvalue weighted by molar-refractivity contribution is 6.14. The van der Waals surface area contributed by atoms with Gasteiger partial charge in [-0.15, -0.1) is 0 Å². The van der Waals surface area contributed by atoms with Crippen LogP contribution in [0.25, 0.3) is 6.08 Å². The summed E-state index contributed by atoms with van der Waals surface area (Å²) in [5.74, 6) is -1.67. The van der Waals surface area contributed by atoms with E-state index in [1.54, 1.807) is 6.07 Å². The Hall–Kier alpha value is -3.80. The zero-order valence-electron chi connectivity index (χ0n) is 14.3. The topological polar surface area (TPSA) is 52.6 Å². The van der Waals surface area contributed by atoms with Crippen LogP contribution in [-0.2, 0) is 0 Å². The zero-order chi connectivity index (χ0) is 19.7. The first-order chi connectivity index (χ1) is 13.5. The van der Waals surface area contributed by atoms with E-state index in [0.29, 0.717) is 11.1 Å². The monoisotopic (exact) mass is 378 g/mol. The van der Waals surface area contributed by atoms with Gasteiger partial charge < -0.3 is 9.47 Å². The summed E-state index contributed by atoms with van der Waals surface area (Å²) in [5.41, 5.74) is 0.839. The quantitative estimate of drug-likeness (QED) is 0.373. The number of carbonyl (C=O) groups excluding carboxylic acids is 2. The van der Waals surface area contributed by atoms with Gasteiger partial charge in [0.15, 0.2) is 5.76 Å². The number of esters is 1. The molecule has 6 heteroatoms. The first kappa shape index (κ1) is 17.6. The van der Waals surface area contributed by atoms with Gasteiger partial charge in [0, 0.05) is 6.07 Å². The molecule has 0 N–H and O–H groups in total. The van der Waals surface area contributed by atoms with Crippen molar-refractivity contribution in [3.63, 3.8) is 0 Å². The molecule has 0 unspecified atom stereocenters. The van der Waals surface area contributed by atoms with Gasteiger partial charge in [0.05, 0.1) is 11.1 Å². The third kappa shape index (κ3) is 3.53. The first-order valence-electron chi connectivity index (χ1n) is 8.31. The predicted octanol–water partition coefficient (Wildman–Crippen LogP) is 4.80. The molecule has 0 aliphatic carbocycles. The Bertz CT molecular complexity index is 1130. The molecule has 3 aromatic carbocycles. The number of hydrogen-bond donors (Lipinski definition) is 0. The molecule has 1 aliphatic rings. The van der Waals surface area contributed by atoms with E-state index in [2.05, 4.69) is 0 Å². The van der Waals surface area contributed by atoms with Crippen LogP contribution in [0.3, 0.4) is 0 Å². The molecule has 28 heavy (non-hydrogen) atoms. The largest absolute Gasteiger partial charge is 0.452 e. The van der Waals surface area contributed by atoms with Crippen LogP contribution in [0.15, 0.2) is 72.5 Å². The van der Waals surface area contributed by atoms with Crippen molar-refractivity contribution in [2.45, 2.75) is 0 Å². The highest BCUT2D eigenvalue weighted by Gasteiger charge is 2.28. The van der Waals surface area contributed by atoms with E-state index >= 15 is 0 Å². The number of ketones is 1. The van der Waals surface area contributed by atoms with Gasteiger partial charge in [0.2, 0.25) is 5.78 Å². The Morgan fingerprint density at radius 3 is 2.43 bits per heavy atom. The maximum atomic E-state index is 13.3. The summed E-state index contributed by atoms with van der Waals surface area (Å²) in [5, 5.41) is 0. The molecular formula is C22H12F2O4. The lowest BCUT2D eigenvalue weighted by atomic mass is 10.1. The normalized spacial score (nSPS) is 13.9. The predicted molar refractivity (Wildman–Crippen MR) is 97.1 cm³/mol. The molecule has 4 rings (SSSR count). The maximum absolute atomic E-state index is 13.3. The van der Waals surface area contributed by atoms with Gasteiger partial charge in [0.1, 0.15) is 23.1 Å². The number of carbonyl (C=O) groups is 2. The van der Waals surface area contributed by atoms with Crippen LogP contribution < -0.4 is 9.47 Å². The number of benzene rings is 3. The summed E-state index contributed by atoms with van der Waals surface area (Å²) >= 11 is 0. The first-order valence-corrected chi connectivity index (χ1v) is 8.31. The van der Waals surface area contributed by atoms with Crippen LogP contribution in [0, 0.1) is 11.6 Å². The number of fused-ring (bicyclic) bond motifs is 1. The number of hydrogen-bond acceptors (Lipinski definition) is 4. The van der Waals surface area contributed by atoms with E-state index < -0.39 is 17.6 Å². The standard InChI is InChI=1S/C22H12F2O4/c23-15-5-1-3-13(9-15)10-20-21(25)18-8-7-17(12-19(18)28-20)27-22(26)14-4-2-6-16(24)11-14/h1-12H/b20-10-. The number of ether oxygens (including phenoxy) is 2. The van der Waals surface area contributed by atoms with Crippen molar-refractivity contribution < 1.29 is 27.8 Å². The Balaban J connectivity index is 1.56. The van der Waals surface area contributed by atoms with Gasteiger partial charge in [-0.25, -0.2) is 13.6 Å². The molecule has 0 radical (unpaired) electrons. The SMILES string of the molecule is O=C(Oc1ccc2c(c1)O/C(=C\c1cccc(F)c1)C2=O)c1cccc(F)c1. The summed E-state index contributed by atoms with van der Waals surface area (Å²) < 4.78 is 37.3. The van der Waals surface area contributed by atoms with E-state index in [-0.39, 0.29) is 28.6 Å². The molecule has 1 heterocycles. The molecule has 4 nitrogen and oxygen atoms in total. The summed E-state index contributed by atoms with van der Waals surface area (Å²) in [6, 6.07) is 15.2. The Morgan fingerprint density at radius 2 is 1.68 bits per heavy atom. The van der Waals surface area contributed by atoms with E-state index in [4.69, 9.17) is 9.47 Å². The highest BCUT2D eigenvalue weighted by atomic mass is 19.1. The Labute approximate surface area is 158 Å². The molecule has 138 valence electrons. The fourth-order valence-electron chi connectivity index (χ4n) is 2.76. The van der Waals surface area contributed by atoms with Gasteiger partial charge in [-0.05, 0) is 54.1 Å². The molecule has 0 spiro atoms. The molecular weight excluding hydrogens is 366 g/mol. The van der Waals surface area contributed by atoms with Crippen molar-refractivity contribution in [3.05, 3.63) is 101 Å². The molecule has 0 amide bonds. The molecule has 3 aromatic rings. The lowest BCUT2D eigenvalue weighted by molar-refractivity contribution is 0.0734. The molecule has 0 aromatic heterocycles. The molecule has 0 saturated carbocycles. The fourth-order valence-corrected chi connectivity index (χ4v) is 2.76. The molecule has 0 fully saturated rings. The van der Waals surface area contributed by atoms with Gasteiger partial charge >= 0.3 is 5.97 Å². The summed E-state index contributed by atoms with van der Waals surface area (Å²) in [4.78, 5) is 24.6. The van der Waals surface area contributed by atoms with Gasteiger partial charge in [-0.3, -0.25) is 4.79 Å². The molecule has 0 saturated heterocycles. The minimum atomic E-state index is -0.737.